The van der Waals surface area contributed by atoms with Crippen molar-refractivity contribution in [2.45, 2.75) is 12.7 Å². The van der Waals surface area contributed by atoms with Crippen molar-refractivity contribution in [1.29, 1.82) is 0 Å². The molecule has 0 aliphatic heterocycles. The van der Waals surface area contributed by atoms with E-state index in [1.165, 1.54) is 7.11 Å². The van der Waals surface area contributed by atoms with E-state index in [4.69, 9.17) is 15.4 Å². The van der Waals surface area contributed by atoms with E-state index in [0.29, 0.717) is 11.3 Å². The minimum Gasteiger partial charge on any atom is -0.507 e. The Morgan fingerprint density at radius 1 is 1.47 bits per heavy atom. The monoisotopic (exact) mass is 250 g/mol. The molecule has 0 aliphatic rings. The standard InChI is InChI=1S/C9H11ClO4S/c1-6-3-4-8(14-2)7(9(6)11)5-15(10,12)13/h3-4,11H,5H2,1-2H3. The molecule has 0 radical (unpaired) electrons. The van der Waals surface area contributed by atoms with Crippen molar-refractivity contribution in [1.82, 2.24) is 0 Å². The van der Waals surface area contributed by atoms with Gasteiger partial charge in [-0.05, 0) is 18.6 Å². The zero-order valence-electron chi connectivity index (χ0n) is 8.32. The molecule has 0 atom stereocenters. The molecule has 0 aromatic heterocycles. The average molecular weight is 251 g/mol. The van der Waals surface area contributed by atoms with Gasteiger partial charge in [0.05, 0.1) is 18.4 Å². The number of aryl methyl sites for hydroxylation is 1. The zero-order chi connectivity index (χ0) is 11.6. The van der Waals surface area contributed by atoms with E-state index in [0.717, 1.165) is 0 Å². The summed E-state index contributed by atoms with van der Waals surface area (Å²) >= 11 is 0. The van der Waals surface area contributed by atoms with Crippen LogP contribution < -0.4 is 4.74 Å². The summed E-state index contributed by atoms with van der Waals surface area (Å²) in [5.74, 6) is -0.244. The first kappa shape index (κ1) is 12.1. The van der Waals surface area contributed by atoms with Crippen LogP contribution >= 0.6 is 10.7 Å². The van der Waals surface area contributed by atoms with E-state index in [-0.39, 0.29) is 11.3 Å². The Bertz CT molecular complexity index is 467. The SMILES string of the molecule is COc1ccc(C)c(O)c1CS(=O)(=O)Cl. The van der Waals surface area contributed by atoms with Crippen molar-refractivity contribution in [2.24, 2.45) is 0 Å². The molecule has 0 bridgehead atoms. The summed E-state index contributed by atoms with van der Waals surface area (Å²) < 4.78 is 26.8. The van der Waals surface area contributed by atoms with Gasteiger partial charge in [-0.25, -0.2) is 8.42 Å². The molecule has 0 aliphatic carbocycles. The van der Waals surface area contributed by atoms with Crippen LogP contribution in [0.4, 0.5) is 0 Å². The molecule has 0 fully saturated rings. The summed E-state index contributed by atoms with van der Waals surface area (Å²) in [7, 11) is 2.81. The predicted octanol–water partition coefficient (Wildman–Crippen LogP) is 1.78. The summed E-state index contributed by atoms with van der Waals surface area (Å²) in [4.78, 5) is 0. The van der Waals surface area contributed by atoms with Gasteiger partial charge in [-0.15, -0.1) is 0 Å². The topological polar surface area (TPSA) is 63.6 Å². The van der Waals surface area contributed by atoms with Gasteiger partial charge < -0.3 is 9.84 Å². The van der Waals surface area contributed by atoms with Crippen molar-refractivity contribution >= 4 is 19.7 Å². The lowest BCUT2D eigenvalue weighted by atomic mass is 10.1. The van der Waals surface area contributed by atoms with E-state index in [2.05, 4.69) is 0 Å². The Balaban J connectivity index is 3.30. The molecule has 0 saturated heterocycles. The molecule has 0 amide bonds. The summed E-state index contributed by atoms with van der Waals surface area (Å²) in [5.41, 5.74) is 0.763. The van der Waals surface area contributed by atoms with Crippen molar-refractivity contribution in [2.75, 3.05) is 7.11 Å². The number of halogens is 1. The number of phenolic OH excluding ortho intramolecular Hbond substituents is 1. The number of hydrogen-bond acceptors (Lipinski definition) is 4. The Hall–Kier alpha value is -0.940. The molecular formula is C9H11ClO4S. The number of benzene rings is 1. The first-order chi connectivity index (χ1) is 6.85. The highest BCUT2D eigenvalue weighted by atomic mass is 35.7. The second-order valence-electron chi connectivity index (χ2n) is 3.10. The van der Waals surface area contributed by atoms with Gasteiger partial charge in [-0.1, -0.05) is 6.07 Å². The number of aromatic hydroxyl groups is 1. The Labute approximate surface area is 92.9 Å². The van der Waals surface area contributed by atoms with Gasteiger partial charge in [0.25, 0.3) is 0 Å². The van der Waals surface area contributed by atoms with Gasteiger partial charge in [0, 0.05) is 10.7 Å². The van der Waals surface area contributed by atoms with E-state index < -0.39 is 14.8 Å². The van der Waals surface area contributed by atoms with Gasteiger partial charge in [-0.3, -0.25) is 0 Å². The van der Waals surface area contributed by atoms with E-state index >= 15 is 0 Å². The zero-order valence-corrected chi connectivity index (χ0v) is 9.89. The smallest absolute Gasteiger partial charge is 0.237 e. The second-order valence-corrected chi connectivity index (χ2v) is 5.87. The van der Waals surface area contributed by atoms with Crippen LogP contribution in [0.5, 0.6) is 11.5 Å². The number of phenols is 1. The van der Waals surface area contributed by atoms with Gasteiger partial charge >= 0.3 is 0 Å². The van der Waals surface area contributed by atoms with Gasteiger partial charge in [0.1, 0.15) is 11.5 Å². The lowest BCUT2D eigenvalue weighted by Gasteiger charge is -2.10. The largest absolute Gasteiger partial charge is 0.507 e. The maximum Gasteiger partial charge on any atom is 0.237 e. The van der Waals surface area contributed by atoms with Crippen LogP contribution in [0.2, 0.25) is 0 Å². The van der Waals surface area contributed by atoms with Crippen LogP contribution in [0.15, 0.2) is 12.1 Å². The normalized spacial score (nSPS) is 11.4. The second kappa shape index (κ2) is 4.28. The minimum absolute atomic E-state index is 0.0985. The van der Waals surface area contributed by atoms with Gasteiger partial charge in [-0.2, -0.15) is 0 Å². The van der Waals surface area contributed by atoms with E-state index in [1.54, 1.807) is 19.1 Å². The summed E-state index contributed by atoms with van der Waals surface area (Å²) in [6.45, 7) is 1.67. The molecule has 4 nitrogen and oxygen atoms in total. The summed E-state index contributed by atoms with van der Waals surface area (Å²) in [5, 5.41) is 9.67. The molecule has 84 valence electrons. The van der Waals surface area contributed by atoms with Crippen LogP contribution in [-0.2, 0) is 14.8 Å². The van der Waals surface area contributed by atoms with Crippen molar-refractivity contribution < 1.29 is 18.3 Å². The lowest BCUT2D eigenvalue weighted by Crippen LogP contribution is -2.00. The van der Waals surface area contributed by atoms with Crippen molar-refractivity contribution in [3.05, 3.63) is 23.3 Å². The van der Waals surface area contributed by atoms with Gasteiger partial charge in [0.2, 0.25) is 9.05 Å². The fourth-order valence-electron chi connectivity index (χ4n) is 1.24. The van der Waals surface area contributed by atoms with Crippen LogP contribution in [0.3, 0.4) is 0 Å². The fraction of sp³-hybridized carbons (Fsp3) is 0.333. The van der Waals surface area contributed by atoms with E-state index in [9.17, 15) is 13.5 Å². The Kier molecular flexibility index (Phi) is 3.46. The molecular weight excluding hydrogens is 240 g/mol. The van der Waals surface area contributed by atoms with E-state index in [1.807, 2.05) is 0 Å². The molecule has 0 spiro atoms. The highest BCUT2D eigenvalue weighted by molar-refractivity contribution is 8.13. The van der Waals surface area contributed by atoms with Crippen LogP contribution in [0, 0.1) is 6.92 Å². The van der Waals surface area contributed by atoms with Crippen molar-refractivity contribution in [3.8, 4) is 11.5 Å². The third kappa shape index (κ3) is 3.00. The molecule has 6 heteroatoms. The first-order valence-corrected chi connectivity index (χ1v) is 6.60. The average Bonchev–Trinajstić information content (AvgIpc) is 2.11. The Morgan fingerprint density at radius 3 is 2.53 bits per heavy atom. The maximum absolute atomic E-state index is 10.9. The molecule has 1 rings (SSSR count). The number of hydrogen-bond donors (Lipinski definition) is 1. The highest BCUT2D eigenvalue weighted by Gasteiger charge is 2.17. The Morgan fingerprint density at radius 2 is 2.07 bits per heavy atom. The molecule has 0 saturated carbocycles. The molecule has 0 heterocycles. The first-order valence-electron chi connectivity index (χ1n) is 4.13. The van der Waals surface area contributed by atoms with Gasteiger partial charge in [0.15, 0.2) is 0 Å². The molecule has 1 N–H and O–H groups in total. The minimum atomic E-state index is -3.72. The maximum atomic E-state index is 10.9. The highest BCUT2D eigenvalue weighted by Crippen LogP contribution is 2.32. The number of ether oxygens (including phenoxy) is 1. The summed E-state index contributed by atoms with van der Waals surface area (Å²) in [6.07, 6.45) is 0. The molecule has 1 aromatic rings. The molecule has 0 unspecified atom stereocenters. The van der Waals surface area contributed by atoms with Crippen LogP contribution in [-0.4, -0.2) is 20.6 Å². The number of rotatable bonds is 3. The lowest BCUT2D eigenvalue weighted by molar-refractivity contribution is 0.401. The predicted molar refractivity (Wildman–Crippen MR) is 57.9 cm³/mol. The van der Waals surface area contributed by atoms with Crippen molar-refractivity contribution in [3.63, 3.8) is 0 Å². The number of methoxy groups -OCH3 is 1. The fourth-order valence-corrected chi connectivity index (χ4v) is 2.19. The molecule has 15 heavy (non-hydrogen) atoms. The summed E-state index contributed by atoms with van der Waals surface area (Å²) in [6, 6.07) is 3.23. The quantitative estimate of drug-likeness (QED) is 0.831. The molecule has 1 aromatic carbocycles. The third-order valence-corrected chi connectivity index (χ3v) is 2.94. The third-order valence-electron chi connectivity index (χ3n) is 1.98. The van der Waals surface area contributed by atoms with Crippen LogP contribution in [0.25, 0.3) is 0 Å². The van der Waals surface area contributed by atoms with Crippen LogP contribution in [0.1, 0.15) is 11.1 Å².